The second-order valence-corrected chi connectivity index (χ2v) is 5.79. The molecule has 0 aliphatic heterocycles. The molecule has 1 aromatic rings. The molecular weight excluding hydrogens is 241 g/mol. The minimum atomic E-state index is -0.146. The molecule has 1 rings (SSSR count). The molecule has 1 aromatic carbocycles. The van der Waals surface area contributed by atoms with E-state index in [0.717, 1.165) is 37.2 Å². The third-order valence-corrected chi connectivity index (χ3v) is 3.58. The number of hydrogen-bond acceptors (Lipinski definition) is 2. The van der Waals surface area contributed by atoms with E-state index in [1.165, 1.54) is 5.56 Å². The molecule has 0 aliphatic rings. The maximum absolute atomic E-state index is 13.4. The summed E-state index contributed by atoms with van der Waals surface area (Å²) in [6.45, 7) is 11.0. The normalized spacial score (nSPS) is 11.9. The number of halogens is 1. The van der Waals surface area contributed by atoms with Crippen LogP contribution in [0.2, 0.25) is 0 Å². The summed E-state index contributed by atoms with van der Waals surface area (Å²) in [6, 6.07) is 3.25. The van der Waals surface area contributed by atoms with Gasteiger partial charge in [-0.15, -0.1) is 0 Å². The van der Waals surface area contributed by atoms with Crippen molar-refractivity contribution >= 4 is 0 Å². The minimum Gasteiger partial charge on any atom is -0.383 e. The molecule has 108 valence electrons. The first-order chi connectivity index (χ1) is 8.88. The largest absolute Gasteiger partial charge is 0.383 e. The number of rotatable bonds is 7. The fourth-order valence-electron chi connectivity index (χ4n) is 2.80. The highest BCUT2D eigenvalue weighted by Gasteiger charge is 2.24. The van der Waals surface area contributed by atoms with E-state index in [2.05, 4.69) is 19.2 Å². The summed E-state index contributed by atoms with van der Waals surface area (Å²) in [5.41, 5.74) is 3.39. The predicted molar refractivity (Wildman–Crippen MR) is 78.3 cm³/mol. The molecule has 0 aliphatic carbocycles. The maximum Gasteiger partial charge on any atom is 0.123 e. The van der Waals surface area contributed by atoms with Gasteiger partial charge in [-0.25, -0.2) is 4.39 Å². The van der Waals surface area contributed by atoms with Crippen LogP contribution in [0, 0.1) is 19.7 Å². The van der Waals surface area contributed by atoms with E-state index in [0.29, 0.717) is 0 Å². The van der Waals surface area contributed by atoms with E-state index in [-0.39, 0.29) is 11.2 Å². The third kappa shape index (κ3) is 4.59. The van der Waals surface area contributed by atoms with Crippen molar-refractivity contribution in [1.29, 1.82) is 0 Å². The van der Waals surface area contributed by atoms with Crippen LogP contribution in [0.25, 0.3) is 0 Å². The topological polar surface area (TPSA) is 21.3 Å². The van der Waals surface area contributed by atoms with Crippen LogP contribution in [-0.4, -0.2) is 26.8 Å². The molecule has 0 atom stereocenters. The SMILES string of the molecule is COCCNCCC(C)(C)c1c(C)cc(F)cc1C. The predicted octanol–water partition coefficient (Wildman–Crippen LogP) is 3.35. The van der Waals surface area contributed by atoms with E-state index in [1.54, 1.807) is 19.2 Å². The number of hydrogen-bond donors (Lipinski definition) is 1. The van der Waals surface area contributed by atoms with E-state index >= 15 is 0 Å². The Morgan fingerprint density at radius 2 is 1.74 bits per heavy atom. The van der Waals surface area contributed by atoms with Crippen molar-refractivity contribution in [3.8, 4) is 0 Å². The number of ether oxygens (including phenoxy) is 1. The molecule has 0 amide bonds. The van der Waals surface area contributed by atoms with Gasteiger partial charge in [0.15, 0.2) is 0 Å². The van der Waals surface area contributed by atoms with Gasteiger partial charge in [-0.2, -0.15) is 0 Å². The first-order valence-corrected chi connectivity index (χ1v) is 6.85. The van der Waals surface area contributed by atoms with E-state index in [4.69, 9.17) is 4.74 Å². The highest BCUT2D eigenvalue weighted by atomic mass is 19.1. The number of nitrogens with one attached hydrogen (secondary N) is 1. The third-order valence-electron chi connectivity index (χ3n) is 3.58. The molecule has 0 bridgehead atoms. The Morgan fingerprint density at radius 3 is 2.26 bits per heavy atom. The van der Waals surface area contributed by atoms with Gasteiger partial charge in [-0.05, 0) is 61.1 Å². The average molecular weight is 267 g/mol. The van der Waals surface area contributed by atoms with Gasteiger partial charge in [-0.1, -0.05) is 13.8 Å². The van der Waals surface area contributed by atoms with Crippen molar-refractivity contribution < 1.29 is 9.13 Å². The lowest BCUT2D eigenvalue weighted by molar-refractivity contribution is 0.198. The Hall–Kier alpha value is -0.930. The summed E-state index contributed by atoms with van der Waals surface area (Å²) in [6.07, 6.45) is 1.02. The molecule has 0 fully saturated rings. The lowest BCUT2D eigenvalue weighted by Crippen LogP contribution is -2.28. The van der Waals surface area contributed by atoms with Crippen LogP contribution in [0.15, 0.2) is 12.1 Å². The molecule has 0 radical (unpaired) electrons. The van der Waals surface area contributed by atoms with Crippen LogP contribution >= 0.6 is 0 Å². The molecule has 0 saturated heterocycles. The molecular formula is C16H26FNO. The fourth-order valence-corrected chi connectivity index (χ4v) is 2.80. The molecule has 0 saturated carbocycles. The summed E-state index contributed by atoms with van der Waals surface area (Å²) in [7, 11) is 1.71. The quantitative estimate of drug-likeness (QED) is 0.765. The van der Waals surface area contributed by atoms with Crippen LogP contribution < -0.4 is 5.32 Å². The smallest absolute Gasteiger partial charge is 0.123 e. The molecule has 0 unspecified atom stereocenters. The second-order valence-electron chi connectivity index (χ2n) is 5.79. The summed E-state index contributed by atoms with van der Waals surface area (Å²) < 4.78 is 18.4. The van der Waals surface area contributed by atoms with Gasteiger partial charge in [-0.3, -0.25) is 0 Å². The van der Waals surface area contributed by atoms with E-state index in [1.807, 2.05) is 13.8 Å². The number of aryl methyl sites for hydroxylation is 2. The number of benzene rings is 1. The molecule has 2 nitrogen and oxygen atoms in total. The zero-order valence-corrected chi connectivity index (χ0v) is 12.8. The van der Waals surface area contributed by atoms with Crippen LogP contribution in [0.4, 0.5) is 4.39 Å². The summed E-state index contributed by atoms with van der Waals surface area (Å²) in [4.78, 5) is 0. The Balaban J connectivity index is 2.71. The van der Waals surface area contributed by atoms with E-state index < -0.39 is 0 Å². The van der Waals surface area contributed by atoms with Crippen LogP contribution in [-0.2, 0) is 10.2 Å². The lowest BCUT2D eigenvalue weighted by Gasteiger charge is -2.29. The Labute approximate surface area is 116 Å². The molecule has 0 aromatic heterocycles. The Kier molecular flexibility index (Phi) is 5.95. The van der Waals surface area contributed by atoms with Gasteiger partial charge in [0.1, 0.15) is 5.82 Å². The van der Waals surface area contributed by atoms with Gasteiger partial charge >= 0.3 is 0 Å². The monoisotopic (exact) mass is 267 g/mol. The van der Waals surface area contributed by atoms with Gasteiger partial charge in [0.25, 0.3) is 0 Å². The van der Waals surface area contributed by atoms with Gasteiger partial charge in [0, 0.05) is 13.7 Å². The van der Waals surface area contributed by atoms with Crippen molar-refractivity contribution in [3.63, 3.8) is 0 Å². The second kappa shape index (κ2) is 7.01. The van der Waals surface area contributed by atoms with Crippen LogP contribution in [0.5, 0.6) is 0 Å². The standard InChI is InChI=1S/C16H26FNO/c1-12-10-14(17)11-13(2)15(12)16(3,4)6-7-18-8-9-19-5/h10-11,18H,6-9H2,1-5H3. The summed E-state index contributed by atoms with van der Waals surface area (Å²) in [5, 5.41) is 3.36. The molecule has 0 spiro atoms. The Morgan fingerprint density at radius 1 is 1.16 bits per heavy atom. The van der Waals surface area contributed by atoms with E-state index in [9.17, 15) is 4.39 Å². The lowest BCUT2D eigenvalue weighted by atomic mass is 9.77. The minimum absolute atomic E-state index is 0.0436. The van der Waals surface area contributed by atoms with Crippen molar-refractivity contribution in [2.75, 3.05) is 26.8 Å². The zero-order valence-electron chi connectivity index (χ0n) is 12.8. The molecule has 0 heterocycles. The highest BCUT2D eigenvalue weighted by Crippen LogP contribution is 2.32. The van der Waals surface area contributed by atoms with Crippen molar-refractivity contribution in [2.24, 2.45) is 0 Å². The first kappa shape index (κ1) is 16.1. The first-order valence-electron chi connectivity index (χ1n) is 6.85. The highest BCUT2D eigenvalue weighted by molar-refractivity contribution is 5.39. The average Bonchev–Trinajstić information content (AvgIpc) is 2.26. The molecule has 19 heavy (non-hydrogen) atoms. The molecule has 3 heteroatoms. The fraction of sp³-hybridized carbons (Fsp3) is 0.625. The van der Waals surface area contributed by atoms with Gasteiger partial charge in [0.05, 0.1) is 6.61 Å². The number of methoxy groups -OCH3 is 1. The summed E-state index contributed by atoms with van der Waals surface area (Å²) >= 11 is 0. The summed E-state index contributed by atoms with van der Waals surface area (Å²) in [5.74, 6) is -0.146. The van der Waals surface area contributed by atoms with Crippen molar-refractivity contribution in [2.45, 2.75) is 39.5 Å². The van der Waals surface area contributed by atoms with Crippen LogP contribution in [0.1, 0.15) is 37.0 Å². The van der Waals surface area contributed by atoms with Crippen molar-refractivity contribution in [3.05, 3.63) is 34.6 Å². The van der Waals surface area contributed by atoms with Crippen LogP contribution in [0.3, 0.4) is 0 Å². The maximum atomic E-state index is 13.4. The van der Waals surface area contributed by atoms with Gasteiger partial charge in [0.2, 0.25) is 0 Å². The molecule has 1 N–H and O–H groups in total. The zero-order chi connectivity index (χ0) is 14.5. The Bertz CT molecular complexity index is 392. The van der Waals surface area contributed by atoms with Gasteiger partial charge < -0.3 is 10.1 Å². The van der Waals surface area contributed by atoms with Crippen molar-refractivity contribution in [1.82, 2.24) is 5.32 Å².